The summed E-state index contributed by atoms with van der Waals surface area (Å²) in [7, 11) is -3.95. The number of sulfonamides is 1. The molecule has 0 aliphatic rings. The van der Waals surface area contributed by atoms with Gasteiger partial charge in [-0.05, 0) is 24.3 Å². The van der Waals surface area contributed by atoms with Crippen molar-refractivity contribution in [1.82, 2.24) is 9.97 Å². The number of nitrogens with zero attached hydrogens (tertiary/aromatic N) is 1. The monoisotopic (exact) mass is 401 g/mol. The second kappa shape index (κ2) is 6.42. The number of aromatic amines is 1. The maximum absolute atomic E-state index is 13.4. The van der Waals surface area contributed by atoms with E-state index >= 15 is 0 Å². The van der Waals surface area contributed by atoms with Gasteiger partial charge in [-0.2, -0.15) is 13.2 Å². The van der Waals surface area contributed by atoms with E-state index in [-0.39, 0.29) is 22.0 Å². The lowest BCUT2D eigenvalue weighted by Gasteiger charge is -2.07. The van der Waals surface area contributed by atoms with Crippen LogP contribution >= 0.6 is 11.6 Å². The lowest BCUT2D eigenvalue weighted by atomic mass is 10.1. The van der Waals surface area contributed by atoms with Crippen LogP contribution in [0.4, 0.5) is 13.2 Å². The number of imidazole rings is 1. The molecule has 1 heterocycles. The number of primary sulfonamides is 1. The average molecular weight is 402 g/mol. The summed E-state index contributed by atoms with van der Waals surface area (Å²) in [5.41, 5.74) is -0.922. The molecule has 0 aliphatic carbocycles. The molecule has 0 aliphatic heterocycles. The summed E-state index contributed by atoms with van der Waals surface area (Å²) in [6.07, 6.45) is -4.68. The third-order valence-corrected chi connectivity index (χ3v) is 4.71. The van der Waals surface area contributed by atoms with Crippen LogP contribution in [0.25, 0.3) is 22.6 Å². The largest absolute Gasteiger partial charge is 0.433 e. The van der Waals surface area contributed by atoms with E-state index in [1.54, 1.807) is 18.2 Å². The molecule has 0 unspecified atom stereocenters. The van der Waals surface area contributed by atoms with Crippen molar-refractivity contribution in [3.05, 3.63) is 59.2 Å². The standard InChI is InChI=1S/C16H11ClF3N3O2S/c17-11-3-1-2-10(8-11)15-22-13(14(23-15)16(18,19)20)9-4-6-12(7-5-9)26(21,24)25/h1-8H,(H,22,23)(H2,21,24,25). The molecule has 0 bridgehead atoms. The second-order valence-corrected chi connectivity index (χ2v) is 7.38. The summed E-state index contributed by atoms with van der Waals surface area (Å²) in [6, 6.07) is 10.9. The van der Waals surface area contributed by atoms with Gasteiger partial charge in [0.25, 0.3) is 0 Å². The first-order valence-corrected chi connectivity index (χ1v) is 9.04. The van der Waals surface area contributed by atoms with Crippen LogP contribution < -0.4 is 5.14 Å². The van der Waals surface area contributed by atoms with Gasteiger partial charge in [0.1, 0.15) is 17.2 Å². The van der Waals surface area contributed by atoms with Gasteiger partial charge in [0.05, 0.1) is 4.90 Å². The maximum atomic E-state index is 13.4. The van der Waals surface area contributed by atoms with E-state index < -0.39 is 21.9 Å². The molecule has 0 saturated carbocycles. The molecule has 3 N–H and O–H groups in total. The van der Waals surface area contributed by atoms with Gasteiger partial charge < -0.3 is 4.98 Å². The first-order valence-electron chi connectivity index (χ1n) is 7.12. The fourth-order valence-electron chi connectivity index (χ4n) is 2.36. The number of hydrogen-bond donors (Lipinski definition) is 2. The Balaban J connectivity index is 2.14. The fourth-order valence-corrected chi connectivity index (χ4v) is 3.07. The number of hydrogen-bond acceptors (Lipinski definition) is 3. The van der Waals surface area contributed by atoms with Crippen LogP contribution in [0.1, 0.15) is 5.69 Å². The summed E-state index contributed by atoms with van der Waals surface area (Å²) < 4.78 is 62.8. The van der Waals surface area contributed by atoms with E-state index in [2.05, 4.69) is 9.97 Å². The van der Waals surface area contributed by atoms with Crippen LogP contribution in [-0.4, -0.2) is 18.4 Å². The van der Waals surface area contributed by atoms with Crippen LogP contribution in [-0.2, 0) is 16.2 Å². The van der Waals surface area contributed by atoms with Crippen molar-refractivity contribution in [2.24, 2.45) is 5.14 Å². The Morgan fingerprint density at radius 3 is 2.23 bits per heavy atom. The van der Waals surface area contributed by atoms with E-state index in [9.17, 15) is 21.6 Å². The number of rotatable bonds is 3. The van der Waals surface area contributed by atoms with Gasteiger partial charge in [0.15, 0.2) is 0 Å². The van der Waals surface area contributed by atoms with Gasteiger partial charge in [-0.15, -0.1) is 0 Å². The third kappa shape index (κ3) is 3.74. The lowest BCUT2D eigenvalue weighted by Crippen LogP contribution is -2.12. The predicted molar refractivity (Wildman–Crippen MR) is 90.8 cm³/mol. The van der Waals surface area contributed by atoms with E-state index in [0.717, 1.165) is 12.1 Å². The van der Waals surface area contributed by atoms with Gasteiger partial charge >= 0.3 is 6.18 Å². The minimum Gasteiger partial charge on any atom is -0.334 e. The lowest BCUT2D eigenvalue weighted by molar-refractivity contribution is -0.140. The molecule has 0 spiro atoms. The molecule has 0 saturated heterocycles. The van der Waals surface area contributed by atoms with Gasteiger partial charge in [-0.3, -0.25) is 0 Å². The zero-order valence-electron chi connectivity index (χ0n) is 12.9. The SMILES string of the molecule is NS(=O)(=O)c1ccc(-c2nc(-c3cccc(Cl)c3)[nH]c2C(F)(F)F)cc1. The molecule has 3 aromatic rings. The van der Waals surface area contributed by atoms with Crippen molar-refractivity contribution in [3.63, 3.8) is 0 Å². The normalized spacial score (nSPS) is 12.3. The van der Waals surface area contributed by atoms with E-state index in [4.69, 9.17) is 16.7 Å². The highest BCUT2D eigenvalue weighted by Gasteiger charge is 2.37. The van der Waals surface area contributed by atoms with Crippen LogP contribution in [0.3, 0.4) is 0 Å². The van der Waals surface area contributed by atoms with Gasteiger partial charge in [-0.1, -0.05) is 35.9 Å². The molecule has 0 fully saturated rings. The van der Waals surface area contributed by atoms with Crippen LogP contribution in [0.2, 0.25) is 5.02 Å². The van der Waals surface area contributed by atoms with Crippen molar-refractivity contribution in [1.29, 1.82) is 0 Å². The van der Waals surface area contributed by atoms with Crippen LogP contribution in [0, 0.1) is 0 Å². The highest BCUT2D eigenvalue weighted by atomic mass is 35.5. The van der Waals surface area contributed by atoms with Crippen molar-refractivity contribution < 1.29 is 21.6 Å². The molecule has 26 heavy (non-hydrogen) atoms. The number of aromatic nitrogens is 2. The summed E-state index contributed by atoms with van der Waals surface area (Å²) >= 11 is 5.88. The molecule has 1 aromatic heterocycles. The number of nitrogens with two attached hydrogens (primary N) is 1. The Morgan fingerprint density at radius 1 is 1.04 bits per heavy atom. The van der Waals surface area contributed by atoms with Gasteiger partial charge in [-0.25, -0.2) is 18.5 Å². The number of alkyl halides is 3. The Bertz CT molecular complexity index is 1060. The first kappa shape index (κ1) is 18.4. The van der Waals surface area contributed by atoms with Gasteiger partial charge in [0, 0.05) is 16.1 Å². The molecule has 5 nitrogen and oxygen atoms in total. The Morgan fingerprint density at radius 2 is 1.69 bits per heavy atom. The van der Waals surface area contributed by atoms with E-state index in [1.165, 1.54) is 18.2 Å². The molecule has 0 atom stereocenters. The maximum Gasteiger partial charge on any atom is 0.433 e. The molecule has 0 amide bonds. The molecular weight excluding hydrogens is 391 g/mol. The summed E-state index contributed by atoms with van der Waals surface area (Å²) in [5, 5.41) is 5.35. The molecule has 3 rings (SSSR count). The zero-order valence-corrected chi connectivity index (χ0v) is 14.5. The van der Waals surface area contributed by atoms with E-state index in [0.29, 0.717) is 10.6 Å². The molecule has 2 aromatic carbocycles. The fraction of sp³-hybridized carbons (Fsp3) is 0.0625. The second-order valence-electron chi connectivity index (χ2n) is 5.39. The van der Waals surface area contributed by atoms with Crippen LogP contribution in [0.5, 0.6) is 0 Å². The summed E-state index contributed by atoms with van der Waals surface area (Å²) in [6.45, 7) is 0. The first-order chi connectivity index (χ1) is 12.1. The van der Waals surface area contributed by atoms with Crippen molar-refractivity contribution in [3.8, 4) is 22.6 Å². The minimum absolute atomic E-state index is 0.00894. The summed E-state index contributed by atoms with van der Waals surface area (Å²) in [5.74, 6) is -0.00894. The third-order valence-electron chi connectivity index (χ3n) is 3.54. The number of benzene rings is 2. The average Bonchev–Trinajstić information content (AvgIpc) is 3.00. The Kier molecular flexibility index (Phi) is 4.55. The molecular formula is C16H11ClF3N3O2S. The smallest absolute Gasteiger partial charge is 0.334 e. The minimum atomic E-state index is -4.68. The quantitative estimate of drug-likeness (QED) is 0.693. The predicted octanol–water partition coefficient (Wildman–Crippen LogP) is 4.06. The Hall–Kier alpha value is -2.36. The highest BCUT2D eigenvalue weighted by Crippen LogP contribution is 2.37. The van der Waals surface area contributed by atoms with Crippen molar-refractivity contribution >= 4 is 21.6 Å². The van der Waals surface area contributed by atoms with E-state index in [1.807, 2.05) is 0 Å². The molecule has 0 radical (unpaired) electrons. The van der Waals surface area contributed by atoms with Crippen molar-refractivity contribution in [2.75, 3.05) is 0 Å². The van der Waals surface area contributed by atoms with Crippen molar-refractivity contribution in [2.45, 2.75) is 11.1 Å². The number of H-pyrrole nitrogens is 1. The van der Waals surface area contributed by atoms with Crippen LogP contribution in [0.15, 0.2) is 53.4 Å². The molecule has 10 heteroatoms. The zero-order chi connectivity index (χ0) is 19.1. The number of nitrogens with one attached hydrogen (secondary N) is 1. The Labute approximate surface area is 151 Å². The number of halogens is 4. The topological polar surface area (TPSA) is 88.8 Å². The van der Waals surface area contributed by atoms with Gasteiger partial charge in [0.2, 0.25) is 10.0 Å². The highest BCUT2D eigenvalue weighted by molar-refractivity contribution is 7.89. The molecule has 136 valence electrons. The summed E-state index contributed by atoms with van der Waals surface area (Å²) in [4.78, 5) is 6.10.